The van der Waals surface area contributed by atoms with Crippen molar-refractivity contribution in [3.8, 4) is 0 Å². The van der Waals surface area contributed by atoms with Crippen LogP contribution in [0, 0.1) is 11.8 Å². The summed E-state index contributed by atoms with van der Waals surface area (Å²) in [7, 11) is 0. The van der Waals surface area contributed by atoms with Crippen molar-refractivity contribution in [2.75, 3.05) is 0 Å². The first-order valence-corrected chi connectivity index (χ1v) is 7.39. The Morgan fingerprint density at radius 1 is 1.44 bits per heavy atom. The summed E-state index contributed by atoms with van der Waals surface area (Å²) in [5.74, 6) is 1.71. The molecule has 1 atom stereocenters. The summed E-state index contributed by atoms with van der Waals surface area (Å²) in [6.45, 7) is 7.99. The first kappa shape index (κ1) is 12.1. The van der Waals surface area contributed by atoms with Crippen molar-refractivity contribution in [3.63, 3.8) is 0 Å². The van der Waals surface area contributed by atoms with E-state index < -0.39 is 0 Å². The van der Waals surface area contributed by atoms with Crippen LogP contribution in [0.5, 0.6) is 0 Å². The Bertz CT molecular complexity index is 323. The van der Waals surface area contributed by atoms with Crippen LogP contribution in [-0.2, 0) is 13.0 Å². The fourth-order valence-electron chi connectivity index (χ4n) is 2.45. The lowest BCUT2D eigenvalue weighted by molar-refractivity contribution is 0.360. The predicted molar refractivity (Wildman–Crippen MR) is 71.9 cm³/mol. The van der Waals surface area contributed by atoms with E-state index in [2.05, 4.69) is 37.5 Å². The fraction of sp³-hybridized carbons (Fsp3) is 0.714. The van der Waals surface area contributed by atoms with Crippen LogP contribution in [0.15, 0.2) is 11.4 Å². The average Bonchev–Trinajstić information content (AvgIpc) is 2.97. The summed E-state index contributed by atoms with van der Waals surface area (Å²) in [5, 5.41) is 5.99. The molecule has 0 aliphatic heterocycles. The van der Waals surface area contributed by atoms with Gasteiger partial charge in [0.1, 0.15) is 0 Å². The summed E-state index contributed by atoms with van der Waals surface area (Å²) < 4.78 is 0. The Balaban J connectivity index is 1.90. The Kier molecular flexibility index (Phi) is 4.04. The zero-order chi connectivity index (χ0) is 11.5. The van der Waals surface area contributed by atoms with Crippen molar-refractivity contribution in [2.45, 2.75) is 52.6 Å². The van der Waals surface area contributed by atoms with Gasteiger partial charge in [0.25, 0.3) is 0 Å². The lowest BCUT2D eigenvalue weighted by Crippen LogP contribution is -2.35. The Morgan fingerprint density at radius 2 is 2.19 bits per heavy atom. The third-order valence-corrected chi connectivity index (χ3v) is 4.53. The topological polar surface area (TPSA) is 12.0 Å². The van der Waals surface area contributed by atoms with E-state index in [1.165, 1.54) is 23.3 Å². The van der Waals surface area contributed by atoms with Gasteiger partial charge in [0, 0.05) is 17.5 Å². The molecule has 1 aromatic heterocycles. The molecule has 16 heavy (non-hydrogen) atoms. The second-order valence-electron chi connectivity index (χ2n) is 5.21. The normalized spacial score (nSPS) is 18.0. The number of hydrogen-bond acceptors (Lipinski definition) is 2. The maximum Gasteiger partial charge on any atom is 0.0305 e. The van der Waals surface area contributed by atoms with Crippen molar-refractivity contribution in [1.29, 1.82) is 0 Å². The molecule has 1 unspecified atom stereocenters. The van der Waals surface area contributed by atoms with Gasteiger partial charge in [-0.3, -0.25) is 0 Å². The molecule has 1 fully saturated rings. The molecule has 1 aromatic rings. The van der Waals surface area contributed by atoms with Crippen LogP contribution in [0.25, 0.3) is 0 Å². The lowest BCUT2D eigenvalue weighted by Gasteiger charge is -2.22. The molecule has 0 amide bonds. The van der Waals surface area contributed by atoms with E-state index in [1.54, 1.807) is 0 Å². The smallest absolute Gasteiger partial charge is 0.0305 e. The van der Waals surface area contributed by atoms with Gasteiger partial charge in [-0.25, -0.2) is 0 Å². The standard InChI is InChI=1S/C14H23NS/c1-4-11-7-8-16-13(11)9-15-14(10(2)3)12-5-6-12/h7-8,10,12,14-15H,4-6,9H2,1-3H3. The monoisotopic (exact) mass is 237 g/mol. The molecule has 0 spiro atoms. The number of aryl methyl sites for hydroxylation is 1. The highest BCUT2D eigenvalue weighted by atomic mass is 32.1. The van der Waals surface area contributed by atoms with Gasteiger partial charge < -0.3 is 5.32 Å². The molecule has 0 bridgehead atoms. The van der Waals surface area contributed by atoms with E-state index in [0.717, 1.165) is 30.8 Å². The molecule has 1 aliphatic rings. The quantitative estimate of drug-likeness (QED) is 0.793. The van der Waals surface area contributed by atoms with E-state index in [1.807, 2.05) is 11.3 Å². The van der Waals surface area contributed by atoms with Crippen LogP contribution in [-0.4, -0.2) is 6.04 Å². The maximum absolute atomic E-state index is 3.77. The maximum atomic E-state index is 3.77. The van der Waals surface area contributed by atoms with Crippen LogP contribution in [0.1, 0.15) is 44.1 Å². The molecule has 0 saturated heterocycles. The lowest BCUT2D eigenvalue weighted by atomic mass is 9.99. The van der Waals surface area contributed by atoms with E-state index >= 15 is 0 Å². The number of nitrogens with one attached hydrogen (secondary N) is 1. The van der Waals surface area contributed by atoms with Gasteiger partial charge in [0.05, 0.1) is 0 Å². The van der Waals surface area contributed by atoms with E-state index in [0.29, 0.717) is 0 Å². The highest BCUT2D eigenvalue weighted by Gasteiger charge is 2.32. The second kappa shape index (κ2) is 5.33. The molecule has 1 N–H and O–H groups in total. The largest absolute Gasteiger partial charge is 0.309 e. The molecule has 1 nitrogen and oxygen atoms in total. The zero-order valence-electron chi connectivity index (χ0n) is 10.6. The van der Waals surface area contributed by atoms with Gasteiger partial charge in [0.15, 0.2) is 0 Å². The molecule has 0 radical (unpaired) electrons. The van der Waals surface area contributed by atoms with Gasteiger partial charge in [-0.05, 0) is 48.1 Å². The summed E-state index contributed by atoms with van der Waals surface area (Å²) in [4.78, 5) is 1.54. The van der Waals surface area contributed by atoms with Crippen LogP contribution >= 0.6 is 11.3 Å². The average molecular weight is 237 g/mol. The first-order chi connectivity index (χ1) is 7.72. The van der Waals surface area contributed by atoms with Gasteiger partial charge in [-0.1, -0.05) is 20.8 Å². The van der Waals surface area contributed by atoms with Gasteiger partial charge in [-0.2, -0.15) is 0 Å². The minimum absolute atomic E-state index is 0.729. The molecular formula is C14H23NS. The molecule has 0 aromatic carbocycles. The SMILES string of the molecule is CCc1ccsc1CNC(C(C)C)C1CC1. The van der Waals surface area contributed by atoms with Crippen molar-refractivity contribution in [3.05, 3.63) is 21.9 Å². The second-order valence-corrected chi connectivity index (χ2v) is 6.21. The molecular weight excluding hydrogens is 214 g/mol. The minimum Gasteiger partial charge on any atom is -0.309 e. The van der Waals surface area contributed by atoms with Crippen molar-refractivity contribution in [1.82, 2.24) is 5.32 Å². The summed E-state index contributed by atoms with van der Waals surface area (Å²) in [6, 6.07) is 3.00. The minimum atomic E-state index is 0.729. The van der Waals surface area contributed by atoms with Gasteiger partial charge in [-0.15, -0.1) is 11.3 Å². The summed E-state index contributed by atoms with van der Waals surface area (Å²) in [5.41, 5.74) is 1.52. The first-order valence-electron chi connectivity index (χ1n) is 6.51. The molecule has 1 aliphatic carbocycles. The Labute approximate surface area is 103 Å². The highest BCUT2D eigenvalue weighted by molar-refractivity contribution is 7.10. The van der Waals surface area contributed by atoms with Crippen molar-refractivity contribution >= 4 is 11.3 Å². The molecule has 1 heterocycles. The molecule has 2 rings (SSSR count). The number of hydrogen-bond donors (Lipinski definition) is 1. The molecule has 1 saturated carbocycles. The molecule has 2 heteroatoms. The predicted octanol–water partition coefficient (Wildman–Crippen LogP) is 3.83. The van der Waals surface area contributed by atoms with Gasteiger partial charge in [0.2, 0.25) is 0 Å². The zero-order valence-corrected chi connectivity index (χ0v) is 11.4. The van der Waals surface area contributed by atoms with E-state index in [9.17, 15) is 0 Å². The summed E-state index contributed by atoms with van der Waals surface area (Å²) >= 11 is 1.90. The number of thiophene rings is 1. The third-order valence-electron chi connectivity index (χ3n) is 3.57. The van der Waals surface area contributed by atoms with E-state index in [4.69, 9.17) is 0 Å². The molecule has 90 valence electrons. The highest BCUT2D eigenvalue weighted by Crippen LogP contribution is 2.36. The van der Waals surface area contributed by atoms with Gasteiger partial charge >= 0.3 is 0 Å². The van der Waals surface area contributed by atoms with E-state index in [-0.39, 0.29) is 0 Å². The van der Waals surface area contributed by atoms with Crippen molar-refractivity contribution < 1.29 is 0 Å². The van der Waals surface area contributed by atoms with Crippen LogP contribution < -0.4 is 5.32 Å². The fourth-order valence-corrected chi connectivity index (χ4v) is 3.38. The number of rotatable bonds is 6. The van der Waals surface area contributed by atoms with Crippen molar-refractivity contribution in [2.24, 2.45) is 11.8 Å². The van der Waals surface area contributed by atoms with Crippen LogP contribution in [0.2, 0.25) is 0 Å². The Hall–Kier alpha value is -0.340. The third kappa shape index (κ3) is 2.86. The summed E-state index contributed by atoms with van der Waals surface area (Å²) in [6.07, 6.45) is 4.03. The Morgan fingerprint density at radius 3 is 2.75 bits per heavy atom. The van der Waals surface area contributed by atoms with Crippen LogP contribution in [0.4, 0.5) is 0 Å². The van der Waals surface area contributed by atoms with Crippen LogP contribution in [0.3, 0.4) is 0 Å².